The average Bonchev–Trinajstić information content (AvgIpc) is 2.93. The highest BCUT2D eigenvalue weighted by Gasteiger charge is 2.17. The minimum absolute atomic E-state index is 0.111. The summed E-state index contributed by atoms with van der Waals surface area (Å²) in [5.74, 6) is 0.309. The van der Waals surface area contributed by atoms with Crippen LogP contribution >= 0.6 is 34.7 Å². The summed E-state index contributed by atoms with van der Waals surface area (Å²) in [6.45, 7) is 0. The van der Waals surface area contributed by atoms with E-state index in [4.69, 9.17) is 32.7 Å². The molecular formula is C13H6Cl2N2O3S. The molecule has 1 aromatic heterocycles. The van der Waals surface area contributed by atoms with E-state index in [9.17, 15) is 4.79 Å². The first-order valence-corrected chi connectivity index (χ1v) is 7.23. The summed E-state index contributed by atoms with van der Waals surface area (Å²) < 4.78 is 14.7. The number of carbonyl (C=O) groups is 1. The second kappa shape index (κ2) is 5.85. The molecule has 0 radical (unpaired) electrons. The second-order valence-electron chi connectivity index (χ2n) is 3.88. The highest BCUT2D eigenvalue weighted by Crippen LogP contribution is 2.34. The third-order valence-corrected chi connectivity index (χ3v) is 3.84. The highest BCUT2D eigenvalue weighted by atomic mass is 35.5. The Morgan fingerprint density at radius 3 is 2.67 bits per heavy atom. The molecule has 106 valence electrons. The predicted molar refractivity (Wildman–Crippen MR) is 80.5 cm³/mol. The van der Waals surface area contributed by atoms with E-state index in [-0.39, 0.29) is 16.5 Å². The lowest BCUT2D eigenvalue weighted by Gasteiger charge is -2.08. The molecule has 2 aromatic carbocycles. The molecule has 0 saturated carbocycles. The molecule has 0 spiro atoms. The molecule has 5 nitrogen and oxygen atoms in total. The van der Waals surface area contributed by atoms with Gasteiger partial charge in [-0.2, -0.15) is 0 Å². The molecule has 0 amide bonds. The number of hydrogen-bond acceptors (Lipinski definition) is 6. The smallest absolute Gasteiger partial charge is 0.393 e. The molecule has 3 rings (SSSR count). The first-order chi connectivity index (χ1) is 10.1. The van der Waals surface area contributed by atoms with Crippen LogP contribution in [-0.4, -0.2) is 15.7 Å². The zero-order valence-corrected chi connectivity index (χ0v) is 12.6. The topological polar surface area (TPSA) is 61.3 Å². The molecule has 0 aliphatic rings. The van der Waals surface area contributed by atoms with E-state index in [1.807, 2.05) is 0 Å². The first kappa shape index (κ1) is 14.1. The van der Waals surface area contributed by atoms with Crippen LogP contribution in [0, 0.1) is 0 Å². The van der Waals surface area contributed by atoms with Crippen molar-refractivity contribution in [3.8, 4) is 11.5 Å². The quantitative estimate of drug-likeness (QED) is 0.504. The van der Waals surface area contributed by atoms with Gasteiger partial charge in [-0.3, -0.25) is 0 Å². The number of para-hydroxylation sites is 1. The number of rotatable bonds is 2. The van der Waals surface area contributed by atoms with Gasteiger partial charge in [0, 0.05) is 0 Å². The van der Waals surface area contributed by atoms with Crippen LogP contribution in [0.5, 0.6) is 11.5 Å². The molecule has 0 bridgehead atoms. The van der Waals surface area contributed by atoms with E-state index < -0.39 is 6.16 Å². The van der Waals surface area contributed by atoms with Gasteiger partial charge in [-0.1, -0.05) is 39.8 Å². The van der Waals surface area contributed by atoms with Gasteiger partial charge in [0.2, 0.25) is 0 Å². The molecule has 8 heteroatoms. The summed E-state index contributed by atoms with van der Waals surface area (Å²) in [6.07, 6.45) is -0.953. The summed E-state index contributed by atoms with van der Waals surface area (Å²) in [5.41, 5.74) is 0.406. The normalized spacial score (nSPS) is 10.6. The van der Waals surface area contributed by atoms with Crippen molar-refractivity contribution in [2.75, 3.05) is 0 Å². The Hall–Kier alpha value is -1.89. The minimum Gasteiger partial charge on any atom is -0.393 e. The van der Waals surface area contributed by atoms with Crippen LogP contribution in [0.3, 0.4) is 0 Å². The second-order valence-corrected chi connectivity index (χ2v) is 5.48. The van der Waals surface area contributed by atoms with Gasteiger partial charge in [0.25, 0.3) is 0 Å². The van der Waals surface area contributed by atoms with Crippen molar-refractivity contribution in [3.63, 3.8) is 0 Å². The monoisotopic (exact) mass is 340 g/mol. The highest BCUT2D eigenvalue weighted by molar-refractivity contribution is 7.13. The molecule has 0 fully saturated rings. The minimum atomic E-state index is -0.953. The van der Waals surface area contributed by atoms with Crippen LogP contribution in [-0.2, 0) is 0 Å². The SMILES string of the molecule is O=C(Oc1ccccc1Cl)Oc1c(Cl)ccc2snnc12. The standard InChI is InChI=1S/C13H6Cl2N2O3S/c14-7-3-1-2-4-9(7)19-13(18)20-12-8(15)5-6-10-11(12)16-17-21-10/h1-6H. The molecule has 0 unspecified atom stereocenters. The maximum absolute atomic E-state index is 11.8. The van der Waals surface area contributed by atoms with Crippen LogP contribution in [0.4, 0.5) is 4.79 Å². The fraction of sp³-hybridized carbons (Fsp3) is 0. The Morgan fingerprint density at radius 2 is 1.86 bits per heavy atom. The van der Waals surface area contributed by atoms with Crippen molar-refractivity contribution in [1.29, 1.82) is 0 Å². The number of carbonyl (C=O) groups excluding carboxylic acids is 1. The summed E-state index contributed by atoms with van der Waals surface area (Å²) in [5, 5.41) is 4.42. The lowest BCUT2D eigenvalue weighted by Crippen LogP contribution is -2.14. The summed E-state index contributed by atoms with van der Waals surface area (Å²) >= 11 is 13.1. The Labute approximate surface area is 133 Å². The number of benzene rings is 2. The van der Waals surface area contributed by atoms with Crippen LogP contribution in [0.1, 0.15) is 0 Å². The summed E-state index contributed by atoms with van der Waals surface area (Å²) in [6, 6.07) is 9.90. The van der Waals surface area contributed by atoms with Crippen molar-refractivity contribution in [2.45, 2.75) is 0 Å². The number of fused-ring (bicyclic) bond motifs is 1. The van der Waals surface area contributed by atoms with Crippen molar-refractivity contribution in [3.05, 3.63) is 46.4 Å². The zero-order valence-electron chi connectivity index (χ0n) is 10.2. The first-order valence-electron chi connectivity index (χ1n) is 5.70. The third kappa shape index (κ3) is 2.92. The van der Waals surface area contributed by atoms with Gasteiger partial charge in [0.1, 0.15) is 5.52 Å². The van der Waals surface area contributed by atoms with E-state index in [1.54, 1.807) is 36.4 Å². The van der Waals surface area contributed by atoms with Crippen molar-refractivity contribution >= 4 is 51.1 Å². The maximum Gasteiger partial charge on any atom is 0.519 e. The van der Waals surface area contributed by atoms with E-state index in [0.717, 1.165) is 4.70 Å². The Kier molecular flexibility index (Phi) is 3.92. The van der Waals surface area contributed by atoms with Gasteiger partial charge in [0.15, 0.2) is 11.5 Å². The molecule has 1 heterocycles. The lowest BCUT2D eigenvalue weighted by atomic mass is 10.3. The van der Waals surface area contributed by atoms with Gasteiger partial charge >= 0.3 is 6.16 Å². The molecule has 0 aliphatic carbocycles. The zero-order chi connectivity index (χ0) is 14.8. The molecule has 0 saturated heterocycles. The largest absolute Gasteiger partial charge is 0.519 e. The number of hydrogen-bond donors (Lipinski definition) is 0. The summed E-state index contributed by atoms with van der Waals surface area (Å²) in [4.78, 5) is 11.8. The molecule has 0 atom stereocenters. The fourth-order valence-electron chi connectivity index (χ4n) is 1.62. The Morgan fingerprint density at radius 1 is 1.05 bits per heavy atom. The van der Waals surface area contributed by atoms with Gasteiger partial charge in [-0.05, 0) is 35.8 Å². The number of halogens is 2. The van der Waals surface area contributed by atoms with Crippen LogP contribution in [0.25, 0.3) is 10.2 Å². The van der Waals surface area contributed by atoms with Crippen molar-refractivity contribution in [2.24, 2.45) is 0 Å². The molecule has 21 heavy (non-hydrogen) atoms. The van der Waals surface area contributed by atoms with Gasteiger partial charge in [0.05, 0.1) is 14.7 Å². The Balaban J connectivity index is 1.85. The van der Waals surface area contributed by atoms with Crippen LogP contribution < -0.4 is 9.47 Å². The van der Waals surface area contributed by atoms with Crippen molar-refractivity contribution < 1.29 is 14.3 Å². The Bertz CT molecular complexity index is 822. The van der Waals surface area contributed by atoms with E-state index in [2.05, 4.69) is 9.59 Å². The predicted octanol–water partition coefficient (Wildman–Crippen LogP) is 4.58. The molecule has 0 aliphatic heterocycles. The van der Waals surface area contributed by atoms with Gasteiger partial charge in [-0.15, -0.1) is 5.10 Å². The van der Waals surface area contributed by atoms with E-state index in [0.29, 0.717) is 10.5 Å². The van der Waals surface area contributed by atoms with Crippen molar-refractivity contribution in [1.82, 2.24) is 9.59 Å². The van der Waals surface area contributed by atoms with E-state index in [1.165, 1.54) is 11.5 Å². The van der Waals surface area contributed by atoms with E-state index >= 15 is 0 Å². The molecule has 0 N–H and O–H groups in total. The summed E-state index contributed by atoms with van der Waals surface area (Å²) in [7, 11) is 0. The number of ether oxygens (including phenoxy) is 2. The maximum atomic E-state index is 11.8. The van der Waals surface area contributed by atoms with Gasteiger partial charge < -0.3 is 9.47 Å². The van der Waals surface area contributed by atoms with Crippen LogP contribution in [0.15, 0.2) is 36.4 Å². The van der Waals surface area contributed by atoms with Crippen LogP contribution in [0.2, 0.25) is 10.0 Å². The number of nitrogens with zero attached hydrogens (tertiary/aromatic N) is 2. The lowest BCUT2D eigenvalue weighted by molar-refractivity contribution is 0.152. The third-order valence-electron chi connectivity index (χ3n) is 2.54. The number of aromatic nitrogens is 2. The molecule has 3 aromatic rings. The molecular weight excluding hydrogens is 335 g/mol. The fourth-order valence-corrected chi connectivity index (χ4v) is 2.55. The average molecular weight is 341 g/mol. The van der Waals surface area contributed by atoms with Gasteiger partial charge in [-0.25, -0.2) is 4.79 Å².